The van der Waals surface area contributed by atoms with E-state index in [-0.39, 0.29) is 29.5 Å². The lowest BCUT2D eigenvalue weighted by atomic mass is 9.88. The number of guanidine groups is 1. The Hall–Kier alpha value is -0.860. The molecule has 6 heteroatoms. The highest BCUT2D eigenvalue weighted by molar-refractivity contribution is 14.0. The lowest BCUT2D eigenvalue weighted by Crippen LogP contribution is -2.52. The standard InChI is InChI=1S/C20H34N4O.HI/c1-15-10-16(2)12-24(11-15)20(3,4)14-22-19(21)23-18-9-7-6-8-17(18)13-25-5;/h6-9,15-16H,10-14H2,1-5H3,(H3,21,22,23);1H. The Morgan fingerprint density at radius 3 is 2.50 bits per heavy atom. The number of nitrogens with zero attached hydrogens (tertiary/aromatic N) is 2. The normalized spacial score (nSPS) is 22.0. The van der Waals surface area contributed by atoms with Crippen LogP contribution in [0.4, 0.5) is 5.69 Å². The first-order valence-corrected chi connectivity index (χ1v) is 9.20. The molecule has 2 atom stereocenters. The summed E-state index contributed by atoms with van der Waals surface area (Å²) in [6.07, 6.45) is 1.32. The van der Waals surface area contributed by atoms with Crippen LogP contribution in [0.3, 0.4) is 0 Å². The number of methoxy groups -OCH3 is 1. The van der Waals surface area contributed by atoms with Crippen LogP contribution in [-0.4, -0.2) is 43.1 Å². The maximum atomic E-state index is 6.14. The summed E-state index contributed by atoms with van der Waals surface area (Å²) >= 11 is 0. The predicted molar refractivity (Wildman–Crippen MR) is 121 cm³/mol. The van der Waals surface area contributed by atoms with Crippen molar-refractivity contribution < 1.29 is 4.74 Å². The van der Waals surface area contributed by atoms with Crippen molar-refractivity contribution in [3.8, 4) is 0 Å². The van der Waals surface area contributed by atoms with Gasteiger partial charge in [0.2, 0.25) is 0 Å². The number of nitrogens with two attached hydrogens (primary N) is 1. The molecule has 2 unspecified atom stereocenters. The van der Waals surface area contributed by atoms with Crippen LogP contribution in [0.5, 0.6) is 0 Å². The second-order valence-electron chi connectivity index (χ2n) is 8.08. The second-order valence-corrected chi connectivity index (χ2v) is 8.08. The molecule has 0 radical (unpaired) electrons. The molecular formula is C20H35IN4O. The molecule has 2 rings (SSSR count). The van der Waals surface area contributed by atoms with E-state index in [1.54, 1.807) is 7.11 Å². The molecule has 1 aliphatic rings. The number of para-hydroxylation sites is 1. The van der Waals surface area contributed by atoms with Gasteiger partial charge in [-0.1, -0.05) is 32.0 Å². The molecule has 1 heterocycles. The highest BCUT2D eigenvalue weighted by Crippen LogP contribution is 2.27. The van der Waals surface area contributed by atoms with Gasteiger partial charge in [0.05, 0.1) is 13.2 Å². The van der Waals surface area contributed by atoms with Gasteiger partial charge in [0.25, 0.3) is 0 Å². The molecule has 1 saturated heterocycles. The number of halogens is 1. The SMILES string of the molecule is COCc1ccccc1NC(N)=NCC(C)(C)N1CC(C)CC(C)C1.I. The van der Waals surface area contributed by atoms with Crippen molar-refractivity contribution in [2.75, 3.05) is 32.1 Å². The molecule has 0 saturated carbocycles. The third-order valence-electron chi connectivity index (χ3n) is 4.94. The van der Waals surface area contributed by atoms with Crippen LogP contribution in [0, 0.1) is 11.8 Å². The van der Waals surface area contributed by atoms with E-state index in [1.807, 2.05) is 24.3 Å². The van der Waals surface area contributed by atoms with Gasteiger partial charge in [-0.15, -0.1) is 24.0 Å². The van der Waals surface area contributed by atoms with Gasteiger partial charge in [-0.2, -0.15) is 0 Å². The highest BCUT2D eigenvalue weighted by atomic mass is 127. The zero-order valence-corrected chi connectivity index (χ0v) is 19.1. The fraction of sp³-hybridized carbons (Fsp3) is 0.650. The van der Waals surface area contributed by atoms with E-state index in [0.29, 0.717) is 19.1 Å². The van der Waals surface area contributed by atoms with E-state index in [9.17, 15) is 0 Å². The molecule has 0 amide bonds. The number of nitrogens with one attached hydrogen (secondary N) is 1. The summed E-state index contributed by atoms with van der Waals surface area (Å²) in [5, 5.41) is 3.22. The van der Waals surface area contributed by atoms with Crippen molar-refractivity contribution in [2.24, 2.45) is 22.6 Å². The number of aliphatic imine (C=N–C) groups is 1. The lowest BCUT2D eigenvalue weighted by Gasteiger charge is -2.44. The van der Waals surface area contributed by atoms with Crippen molar-refractivity contribution in [3.63, 3.8) is 0 Å². The monoisotopic (exact) mass is 474 g/mol. The highest BCUT2D eigenvalue weighted by Gasteiger charge is 2.32. The third kappa shape index (κ3) is 6.70. The van der Waals surface area contributed by atoms with Crippen LogP contribution >= 0.6 is 24.0 Å². The molecule has 1 aromatic rings. The van der Waals surface area contributed by atoms with E-state index < -0.39 is 0 Å². The zero-order chi connectivity index (χ0) is 18.4. The predicted octanol–water partition coefficient (Wildman–Crippen LogP) is 3.93. The van der Waals surface area contributed by atoms with Gasteiger partial charge in [-0.25, -0.2) is 0 Å². The van der Waals surface area contributed by atoms with Crippen LogP contribution in [-0.2, 0) is 11.3 Å². The van der Waals surface area contributed by atoms with Crippen LogP contribution in [0.15, 0.2) is 29.3 Å². The Kier molecular flexibility index (Phi) is 9.33. The number of benzene rings is 1. The maximum absolute atomic E-state index is 6.14. The van der Waals surface area contributed by atoms with Crippen molar-refractivity contribution >= 4 is 35.6 Å². The fourth-order valence-corrected chi connectivity index (χ4v) is 3.64. The Morgan fingerprint density at radius 1 is 1.27 bits per heavy atom. The molecule has 5 nitrogen and oxygen atoms in total. The number of ether oxygens (including phenoxy) is 1. The number of piperidine rings is 1. The minimum atomic E-state index is 0. The van der Waals surface area contributed by atoms with Crippen LogP contribution in [0.1, 0.15) is 39.7 Å². The smallest absolute Gasteiger partial charge is 0.193 e. The van der Waals surface area contributed by atoms with E-state index in [1.165, 1.54) is 6.42 Å². The van der Waals surface area contributed by atoms with Crippen LogP contribution < -0.4 is 11.1 Å². The summed E-state index contributed by atoms with van der Waals surface area (Å²) in [4.78, 5) is 7.18. The van der Waals surface area contributed by atoms with E-state index in [4.69, 9.17) is 10.5 Å². The number of rotatable bonds is 6. The number of likely N-dealkylation sites (tertiary alicyclic amines) is 1. The number of hydrogen-bond donors (Lipinski definition) is 2. The first-order chi connectivity index (χ1) is 11.8. The second kappa shape index (κ2) is 10.5. The Balaban J connectivity index is 0.00000338. The molecule has 0 aromatic heterocycles. The van der Waals surface area contributed by atoms with Crippen LogP contribution in [0.25, 0.3) is 0 Å². The van der Waals surface area contributed by atoms with E-state index in [0.717, 1.165) is 36.2 Å². The van der Waals surface area contributed by atoms with Gasteiger partial charge in [0, 0.05) is 37.0 Å². The molecule has 26 heavy (non-hydrogen) atoms. The van der Waals surface area contributed by atoms with Gasteiger partial charge in [-0.3, -0.25) is 9.89 Å². The molecule has 0 spiro atoms. The minimum absolute atomic E-state index is 0. The average molecular weight is 474 g/mol. The Bertz CT molecular complexity index is 581. The number of anilines is 1. The number of hydrogen-bond acceptors (Lipinski definition) is 3. The summed E-state index contributed by atoms with van der Waals surface area (Å²) in [7, 11) is 1.69. The van der Waals surface area contributed by atoms with Gasteiger partial charge >= 0.3 is 0 Å². The molecule has 0 bridgehead atoms. The van der Waals surface area contributed by atoms with Crippen molar-refractivity contribution in [2.45, 2.75) is 46.3 Å². The van der Waals surface area contributed by atoms with Crippen molar-refractivity contribution in [1.82, 2.24) is 4.90 Å². The molecule has 0 aliphatic carbocycles. The van der Waals surface area contributed by atoms with E-state index >= 15 is 0 Å². The Labute approximate surface area is 175 Å². The summed E-state index contributed by atoms with van der Waals surface area (Å²) in [6, 6.07) is 8.00. The van der Waals surface area contributed by atoms with Gasteiger partial charge < -0.3 is 15.8 Å². The minimum Gasteiger partial charge on any atom is -0.380 e. The van der Waals surface area contributed by atoms with Gasteiger partial charge in [0.15, 0.2) is 5.96 Å². The molecule has 1 fully saturated rings. The maximum Gasteiger partial charge on any atom is 0.193 e. The summed E-state index contributed by atoms with van der Waals surface area (Å²) in [6.45, 7) is 12.7. The molecule has 1 aliphatic heterocycles. The summed E-state index contributed by atoms with van der Waals surface area (Å²) < 4.78 is 5.24. The molecule has 1 aromatic carbocycles. The van der Waals surface area contributed by atoms with Crippen molar-refractivity contribution in [1.29, 1.82) is 0 Å². The third-order valence-corrected chi connectivity index (χ3v) is 4.94. The largest absolute Gasteiger partial charge is 0.380 e. The van der Waals surface area contributed by atoms with Crippen LogP contribution in [0.2, 0.25) is 0 Å². The van der Waals surface area contributed by atoms with E-state index in [2.05, 4.69) is 42.9 Å². The molecule has 3 N–H and O–H groups in total. The quantitative estimate of drug-likeness (QED) is 0.373. The van der Waals surface area contributed by atoms with Crippen molar-refractivity contribution in [3.05, 3.63) is 29.8 Å². The van der Waals surface area contributed by atoms with Gasteiger partial charge in [-0.05, 0) is 38.2 Å². The Morgan fingerprint density at radius 2 is 1.88 bits per heavy atom. The topological polar surface area (TPSA) is 62.9 Å². The zero-order valence-electron chi connectivity index (χ0n) is 16.8. The first-order valence-electron chi connectivity index (χ1n) is 9.20. The fourth-order valence-electron chi connectivity index (χ4n) is 3.64. The molecule has 148 valence electrons. The summed E-state index contributed by atoms with van der Waals surface area (Å²) in [5.41, 5.74) is 8.16. The van der Waals surface area contributed by atoms with Gasteiger partial charge in [0.1, 0.15) is 0 Å². The first kappa shape index (κ1) is 23.2. The molecular weight excluding hydrogens is 439 g/mol. The summed E-state index contributed by atoms with van der Waals surface area (Å²) in [5.74, 6) is 1.93. The lowest BCUT2D eigenvalue weighted by molar-refractivity contribution is 0.0513. The average Bonchev–Trinajstić information content (AvgIpc) is 2.54.